The summed E-state index contributed by atoms with van der Waals surface area (Å²) < 4.78 is 44.5. The van der Waals surface area contributed by atoms with Crippen molar-refractivity contribution in [3.05, 3.63) is 71.7 Å². The Morgan fingerprint density at radius 3 is 2.41 bits per heavy atom. The zero-order valence-corrected chi connectivity index (χ0v) is 22.6. The number of alkyl halides is 3. The molecule has 39 heavy (non-hydrogen) atoms. The standard InChI is InChI=1S/C29H32F3N7/c1-18(2)26-23(6-5-11-33-26)27-24-16-37(12-13-38(24)19(3)34-27)21-9-7-20(8-10-21)28-35-25(29(30,31)32)17-39(28)22-14-36(4)15-22/h5-11,17-18,22H,12-16H2,1-4H3. The van der Waals surface area contributed by atoms with E-state index in [4.69, 9.17) is 4.98 Å². The van der Waals surface area contributed by atoms with Crippen molar-refractivity contribution in [1.82, 2.24) is 29.0 Å². The summed E-state index contributed by atoms with van der Waals surface area (Å²) in [7, 11) is 1.96. The highest BCUT2D eigenvalue weighted by molar-refractivity contribution is 5.67. The molecular weight excluding hydrogens is 503 g/mol. The smallest absolute Gasteiger partial charge is 0.364 e. The Morgan fingerprint density at radius 2 is 1.74 bits per heavy atom. The summed E-state index contributed by atoms with van der Waals surface area (Å²) in [4.78, 5) is 18.0. The summed E-state index contributed by atoms with van der Waals surface area (Å²) in [6.45, 7) is 10.0. The topological polar surface area (TPSA) is 55.0 Å². The van der Waals surface area contributed by atoms with Gasteiger partial charge >= 0.3 is 6.18 Å². The predicted octanol–water partition coefficient (Wildman–Crippen LogP) is 5.77. The van der Waals surface area contributed by atoms with Gasteiger partial charge in [-0.05, 0) is 56.3 Å². The van der Waals surface area contributed by atoms with Crippen molar-refractivity contribution in [3.63, 3.8) is 0 Å². The van der Waals surface area contributed by atoms with E-state index in [1.165, 1.54) is 0 Å². The molecule has 4 aromatic rings. The van der Waals surface area contributed by atoms with Gasteiger partial charge in [0.25, 0.3) is 0 Å². The lowest BCUT2D eigenvalue weighted by molar-refractivity contribution is -0.141. The maximum Gasteiger partial charge on any atom is 0.434 e. The molecule has 0 unspecified atom stereocenters. The molecule has 2 aliphatic rings. The van der Waals surface area contributed by atoms with Crippen LogP contribution >= 0.6 is 0 Å². The minimum atomic E-state index is -4.48. The highest BCUT2D eigenvalue weighted by atomic mass is 19.4. The number of likely N-dealkylation sites (tertiary alicyclic amines) is 1. The van der Waals surface area contributed by atoms with Crippen LogP contribution in [0.1, 0.15) is 48.7 Å². The van der Waals surface area contributed by atoms with Gasteiger partial charge < -0.3 is 18.9 Å². The molecule has 1 fully saturated rings. The maximum absolute atomic E-state index is 13.5. The summed E-state index contributed by atoms with van der Waals surface area (Å²) >= 11 is 0. The van der Waals surface area contributed by atoms with Crippen molar-refractivity contribution < 1.29 is 13.2 Å². The van der Waals surface area contributed by atoms with Crippen LogP contribution in [0, 0.1) is 6.92 Å². The van der Waals surface area contributed by atoms with Crippen LogP contribution in [0.15, 0.2) is 48.8 Å². The van der Waals surface area contributed by atoms with Crippen molar-refractivity contribution >= 4 is 5.69 Å². The molecule has 0 radical (unpaired) electrons. The highest BCUT2D eigenvalue weighted by Crippen LogP contribution is 2.36. The Bertz CT molecular complexity index is 1490. The van der Waals surface area contributed by atoms with Gasteiger partial charge in [0, 0.05) is 55.4 Å². The van der Waals surface area contributed by atoms with Crippen molar-refractivity contribution in [3.8, 4) is 22.6 Å². The number of benzene rings is 1. The lowest BCUT2D eigenvalue weighted by Gasteiger charge is -2.37. The van der Waals surface area contributed by atoms with Gasteiger partial charge in [-0.15, -0.1) is 0 Å². The van der Waals surface area contributed by atoms with Crippen molar-refractivity contribution in [1.29, 1.82) is 0 Å². The van der Waals surface area contributed by atoms with Crippen LogP contribution in [0.3, 0.4) is 0 Å². The van der Waals surface area contributed by atoms with Gasteiger partial charge in [-0.2, -0.15) is 13.2 Å². The number of likely N-dealkylation sites (N-methyl/N-ethyl adjacent to an activating group) is 1. The molecule has 0 atom stereocenters. The number of fused-ring (bicyclic) bond motifs is 1. The van der Waals surface area contributed by atoms with Crippen LogP contribution in [0.5, 0.6) is 0 Å². The number of aryl methyl sites for hydroxylation is 1. The lowest BCUT2D eigenvalue weighted by Crippen LogP contribution is -2.44. The molecule has 1 aromatic carbocycles. The normalized spacial score (nSPS) is 16.6. The molecule has 0 amide bonds. The number of hydrogen-bond donors (Lipinski definition) is 0. The first-order valence-electron chi connectivity index (χ1n) is 13.3. The van der Waals surface area contributed by atoms with E-state index < -0.39 is 11.9 Å². The SMILES string of the molecule is Cc1nc(-c2cccnc2C(C)C)c2n1CCN(c1ccc(-c3nc(C(F)(F)F)cn3C3CN(C)C3)cc1)C2. The van der Waals surface area contributed by atoms with E-state index in [0.717, 1.165) is 53.4 Å². The fraction of sp³-hybridized carbons (Fsp3) is 0.414. The molecule has 204 valence electrons. The first-order valence-corrected chi connectivity index (χ1v) is 13.3. The largest absolute Gasteiger partial charge is 0.434 e. The summed E-state index contributed by atoms with van der Waals surface area (Å²) in [6, 6.07) is 11.8. The van der Waals surface area contributed by atoms with E-state index in [9.17, 15) is 13.2 Å². The zero-order valence-electron chi connectivity index (χ0n) is 22.6. The van der Waals surface area contributed by atoms with Crippen LogP contribution in [-0.4, -0.2) is 55.7 Å². The number of anilines is 1. The number of rotatable bonds is 5. The fourth-order valence-corrected chi connectivity index (χ4v) is 5.75. The molecule has 2 aliphatic heterocycles. The van der Waals surface area contributed by atoms with Crippen LogP contribution in [0.25, 0.3) is 22.6 Å². The first kappa shape index (κ1) is 25.6. The molecule has 5 heterocycles. The van der Waals surface area contributed by atoms with Crippen molar-refractivity contribution in [2.24, 2.45) is 0 Å². The van der Waals surface area contributed by atoms with Gasteiger partial charge in [-0.3, -0.25) is 4.98 Å². The van der Waals surface area contributed by atoms with Gasteiger partial charge in [0.15, 0.2) is 5.69 Å². The van der Waals surface area contributed by atoms with E-state index in [-0.39, 0.29) is 12.0 Å². The minimum absolute atomic E-state index is 0.0134. The third-order valence-corrected chi connectivity index (χ3v) is 7.79. The Hall–Kier alpha value is -3.66. The van der Waals surface area contributed by atoms with Crippen LogP contribution in [0.2, 0.25) is 0 Å². The van der Waals surface area contributed by atoms with Crippen LogP contribution in [0.4, 0.5) is 18.9 Å². The Balaban J connectivity index is 1.30. The van der Waals surface area contributed by atoms with Crippen LogP contribution < -0.4 is 4.90 Å². The van der Waals surface area contributed by atoms with Gasteiger partial charge in [0.1, 0.15) is 11.6 Å². The number of imidazole rings is 2. The second-order valence-electron chi connectivity index (χ2n) is 10.9. The van der Waals surface area contributed by atoms with E-state index in [0.29, 0.717) is 31.0 Å². The van der Waals surface area contributed by atoms with E-state index >= 15 is 0 Å². The summed E-state index contributed by atoms with van der Waals surface area (Å²) in [5.41, 5.74) is 5.07. The number of pyridine rings is 1. The third-order valence-electron chi connectivity index (χ3n) is 7.79. The molecule has 0 saturated carbocycles. The molecular formula is C29H32F3N7. The second kappa shape index (κ2) is 9.51. The van der Waals surface area contributed by atoms with Gasteiger partial charge in [0.2, 0.25) is 0 Å². The van der Waals surface area contributed by atoms with E-state index in [1.54, 1.807) is 4.57 Å². The Labute approximate surface area is 225 Å². The number of aromatic nitrogens is 5. The van der Waals surface area contributed by atoms with Gasteiger partial charge in [-0.25, -0.2) is 9.97 Å². The summed E-state index contributed by atoms with van der Waals surface area (Å²) in [5.74, 6) is 1.62. The minimum Gasteiger partial charge on any atom is -0.364 e. The molecule has 0 bridgehead atoms. The summed E-state index contributed by atoms with van der Waals surface area (Å²) in [5, 5.41) is 0. The quantitative estimate of drug-likeness (QED) is 0.325. The summed E-state index contributed by atoms with van der Waals surface area (Å²) in [6.07, 6.45) is -1.50. The average Bonchev–Trinajstić information content (AvgIpc) is 3.48. The Morgan fingerprint density at radius 1 is 1.00 bits per heavy atom. The number of halogens is 3. The molecule has 3 aromatic heterocycles. The predicted molar refractivity (Wildman–Crippen MR) is 145 cm³/mol. The van der Waals surface area contributed by atoms with Gasteiger partial charge in [0.05, 0.1) is 29.7 Å². The van der Waals surface area contributed by atoms with Crippen molar-refractivity contribution in [2.75, 3.05) is 31.6 Å². The molecule has 6 rings (SSSR count). The highest BCUT2D eigenvalue weighted by Gasteiger charge is 2.37. The van der Waals surface area contributed by atoms with E-state index in [1.807, 2.05) is 50.5 Å². The first-order chi connectivity index (χ1) is 18.6. The Kier molecular flexibility index (Phi) is 6.25. The molecule has 0 N–H and O–H groups in total. The van der Waals surface area contributed by atoms with Crippen LogP contribution in [-0.2, 0) is 19.3 Å². The molecule has 10 heteroatoms. The third kappa shape index (κ3) is 4.60. The average molecular weight is 536 g/mol. The maximum atomic E-state index is 13.5. The molecule has 7 nitrogen and oxygen atoms in total. The molecule has 0 aliphatic carbocycles. The number of nitrogens with zero attached hydrogens (tertiary/aromatic N) is 7. The van der Waals surface area contributed by atoms with Crippen molar-refractivity contribution in [2.45, 2.75) is 52.0 Å². The monoisotopic (exact) mass is 535 g/mol. The van der Waals surface area contributed by atoms with E-state index in [2.05, 4.69) is 44.2 Å². The zero-order chi connectivity index (χ0) is 27.5. The number of hydrogen-bond acceptors (Lipinski definition) is 5. The second-order valence-corrected chi connectivity index (χ2v) is 10.9. The fourth-order valence-electron chi connectivity index (χ4n) is 5.75. The lowest BCUT2D eigenvalue weighted by atomic mass is 10.00. The van der Waals surface area contributed by atoms with Gasteiger partial charge in [-0.1, -0.05) is 13.8 Å². The molecule has 0 spiro atoms. The molecule has 1 saturated heterocycles.